The number of hydrogen-bond acceptors (Lipinski definition) is 4. The van der Waals surface area contributed by atoms with Gasteiger partial charge in [-0.25, -0.2) is 14.0 Å². The molecule has 5 nitrogen and oxygen atoms in total. The molecule has 90 valence electrons. The van der Waals surface area contributed by atoms with Gasteiger partial charge in [-0.1, -0.05) is 0 Å². The van der Waals surface area contributed by atoms with Gasteiger partial charge in [-0.05, 0) is 20.8 Å². The lowest BCUT2D eigenvalue weighted by molar-refractivity contribution is 0.0283. The largest absolute Gasteiger partial charge is 0.444 e. The van der Waals surface area contributed by atoms with E-state index in [0.29, 0.717) is 0 Å². The van der Waals surface area contributed by atoms with E-state index in [-0.39, 0.29) is 13.1 Å². The Kier molecular flexibility index (Phi) is 3.65. The van der Waals surface area contributed by atoms with E-state index in [1.165, 1.54) is 11.0 Å². The van der Waals surface area contributed by atoms with E-state index in [2.05, 4.69) is 4.99 Å². The molecule has 2 unspecified atom stereocenters. The summed E-state index contributed by atoms with van der Waals surface area (Å²) in [6.07, 6.45) is -0.606. The molecule has 1 fully saturated rings. The fraction of sp³-hybridized carbons (Fsp3) is 0.800. The van der Waals surface area contributed by atoms with Crippen LogP contribution >= 0.6 is 0 Å². The van der Waals surface area contributed by atoms with Gasteiger partial charge in [0, 0.05) is 0 Å². The zero-order chi connectivity index (χ0) is 12.3. The number of likely N-dealkylation sites (tertiary alicyclic amines) is 1. The molecular weight excluding hydrogens is 215 g/mol. The number of carbonyl (C=O) groups is 1. The Balaban J connectivity index is 2.58. The van der Waals surface area contributed by atoms with Gasteiger partial charge in [0.2, 0.25) is 6.08 Å². The van der Waals surface area contributed by atoms with Crippen molar-refractivity contribution in [2.24, 2.45) is 4.99 Å². The summed E-state index contributed by atoms with van der Waals surface area (Å²) in [5.41, 5.74) is -0.616. The highest BCUT2D eigenvalue weighted by molar-refractivity contribution is 5.68. The molecule has 1 aliphatic heterocycles. The van der Waals surface area contributed by atoms with E-state index in [9.17, 15) is 14.0 Å². The molecule has 0 N–H and O–H groups in total. The van der Waals surface area contributed by atoms with Crippen LogP contribution in [-0.4, -0.2) is 48.0 Å². The lowest BCUT2D eigenvalue weighted by Gasteiger charge is -2.23. The van der Waals surface area contributed by atoms with Crippen LogP contribution in [0.3, 0.4) is 0 Å². The summed E-state index contributed by atoms with van der Waals surface area (Å²) >= 11 is 0. The number of ether oxygens (including phenoxy) is 1. The second-order valence-corrected chi connectivity index (χ2v) is 4.69. The van der Waals surface area contributed by atoms with Gasteiger partial charge in [0.25, 0.3) is 0 Å². The minimum absolute atomic E-state index is 0.0608. The first kappa shape index (κ1) is 12.6. The zero-order valence-corrected chi connectivity index (χ0v) is 9.57. The maximum Gasteiger partial charge on any atom is 0.410 e. The Morgan fingerprint density at radius 1 is 1.50 bits per heavy atom. The van der Waals surface area contributed by atoms with Gasteiger partial charge in [0.15, 0.2) is 0 Å². The number of halogens is 1. The van der Waals surface area contributed by atoms with Crippen LogP contribution in [-0.2, 0) is 9.53 Å². The summed E-state index contributed by atoms with van der Waals surface area (Å²) in [5, 5.41) is 0. The molecule has 0 radical (unpaired) electrons. The summed E-state index contributed by atoms with van der Waals surface area (Å²) in [5.74, 6) is 0. The van der Waals surface area contributed by atoms with Crippen molar-refractivity contribution in [3.8, 4) is 0 Å². The average Bonchev–Trinajstić information content (AvgIpc) is 2.46. The average molecular weight is 230 g/mol. The van der Waals surface area contributed by atoms with Gasteiger partial charge in [0.05, 0.1) is 13.1 Å². The number of hydrogen-bond donors (Lipinski definition) is 0. The monoisotopic (exact) mass is 230 g/mol. The van der Waals surface area contributed by atoms with E-state index >= 15 is 0 Å². The van der Waals surface area contributed by atoms with Crippen molar-refractivity contribution in [2.45, 2.75) is 38.6 Å². The van der Waals surface area contributed by atoms with Crippen LogP contribution in [0.2, 0.25) is 0 Å². The molecule has 0 saturated carbocycles. The molecule has 0 aromatic rings. The molecule has 1 amide bonds. The minimum Gasteiger partial charge on any atom is -0.444 e. The number of amides is 1. The first-order valence-corrected chi connectivity index (χ1v) is 5.02. The highest BCUT2D eigenvalue weighted by Gasteiger charge is 2.37. The normalized spacial score (nSPS) is 25.1. The molecule has 0 bridgehead atoms. The van der Waals surface area contributed by atoms with Crippen LogP contribution in [0.1, 0.15) is 20.8 Å². The topological polar surface area (TPSA) is 59.0 Å². The molecule has 0 spiro atoms. The molecular formula is C10H15FN2O3. The Morgan fingerprint density at radius 3 is 2.62 bits per heavy atom. The predicted octanol–water partition coefficient (Wildman–Crippen LogP) is 1.28. The highest BCUT2D eigenvalue weighted by atomic mass is 19.1. The van der Waals surface area contributed by atoms with Gasteiger partial charge in [-0.2, -0.15) is 4.99 Å². The van der Waals surface area contributed by atoms with E-state index in [1.54, 1.807) is 20.8 Å². The Morgan fingerprint density at radius 2 is 2.12 bits per heavy atom. The standard InChI is InChI=1S/C10H15FN2O3/c1-10(2,3)16-9(15)13-4-7(11)8(5-13)12-6-14/h7-8H,4-5H2,1-3H3. The fourth-order valence-electron chi connectivity index (χ4n) is 1.41. The summed E-state index contributed by atoms with van der Waals surface area (Å²) < 4.78 is 18.4. The van der Waals surface area contributed by atoms with Crippen molar-refractivity contribution >= 4 is 12.2 Å². The maximum absolute atomic E-state index is 13.3. The molecule has 1 saturated heterocycles. The van der Waals surface area contributed by atoms with Gasteiger partial charge < -0.3 is 9.64 Å². The van der Waals surface area contributed by atoms with Crippen molar-refractivity contribution in [1.82, 2.24) is 4.90 Å². The molecule has 2 atom stereocenters. The highest BCUT2D eigenvalue weighted by Crippen LogP contribution is 2.19. The summed E-state index contributed by atoms with van der Waals surface area (Å²) in [4.78, 5) is 26.1. The first-order chi connectivity index (χ1) is 7.33. The quantitative estimate of drug-likeness (QED) is 0.503. The lowest BCUT2D eigenvalue weighted by Crippen LogP contribution is -2.35. The second kappa shape index (κ2) is 4.61. The molecule has 1 aliphatic rings. The van der Waals surface area contributed by atoms with Crippen LogP contribution in [0.15, 0.2) is 4.99 Å². The maximum atomic E-state index is 13.3. The number of carbonyl (C=O) groups excluding carboxylic acids is 2. The summed E-state index contributed by atoms with van der Waals surface area (Å²) in [7, 11) is 0. The van der Waals surface area contributed by atoms with Crippen LogP contribution in [0.4, 0.5) is 9.18 Å². The number of aliphatic imine (C=N–C) groups is 1. The second-order valence-electron chi connectivity index (χ2n) is 4.69. The summed E-state index contributed by atoms with van der Waals surface area (Å²) in [6.45, 7) is 5.16. The van der Waals surface area contributed by atoms with Crippen molar-refractivity contribution in [3.63, 3.8) is 0 Å². The van der Waals surface area contributed by atoms with Crippen molar-refractivity contribution in [3.05, 3.63) is 0 Å². The fourth-order valence-corrected chi connectivity index (χ4v) is 1.41. The molecule has 1 rings (SSSR count). The van der Waals surface area contributed by atoms with Crippen molar-refractivity contribution in [2.75, 3.05) is 13.1 Å². The third-order valence-corrected chi connectivity index (χ3v) is 2.09. The van der Waals surface area contributed by atoms with Gasteiger partial charge in [0.1, 0.15) is 17.8 Å². The molecule has 1 heterocycles. The Labute approximate surface area is 93.3 Å². The molecule has 0 aromatic heterocycles. The van der Waals surface area contributed by atoms with Gasteiger partial charge in [-0.15, -0.1) is 0 Å². The smallest absolute Gasteiger partial charge is 0.410 e. The first-order valence-electron chi connectivity index (χ1n) is 5.02. The van der Waals surface area contributed by atoms with E-state index in [0.717, 1.165) is 0 Å². The van der Waals surface area contributed by atoms with Crippen LogP contribution in [0, 0.1) is 0 Å². The minimum atomic E-state index is -1.33. The van der Waals surface area contributed by atoms with Crippen LogP contribution in [0.25, 0.3) is 0 Å². The summed E-state index contributed by atoms with van der Waals surface area (Å²) in [6, 6.07) is -0.815. The van der Waals surface area contributed by atoms with E-state index < -0.39 is 23.9 Å². The van der Waals surface area contributed by atoms with Gasteiger partial charge in [-0.3, -0.25) is 0 Å². The number of isocyanates is 1. The third-order valence-electron chi connectivity index (χ3n) is 2.09. The molecule has 0 aliphatic carbocycles. The van der Waals surface area contributed by atoms with Crippen LogP contribution in [0.5, 0.6) is 0 Å². The molecule has 6 heteroatoms. The zero-order valence-electron chi connectivity index (χ0n) is 9.57. The number of nitrogens with zero attached hydrogens (tertiary/aromatic N) is 2. The predicted molar refractivity (Wildman–Crippen MR) is 54.6 cm³/mol. The number of alkyl halides is 1. The van der Waals surface area contributed by atoms with E-state index in [4.69, 9.17) is 4.74 Å². The third kappa shape index (κ3) is 3.31. The molecule has 16 heavy (non-hydrogen) atoms. The van der Waals surface area contributed by atoms with E-state index in [1.807, 2.05) is 0 Å². The lowest BCUT2D eigenvalue weighted by atomic mass is 10.2. The van der Waals surface area contributed by atoms with Crippen LogP contribution < -0.4 is 0 Å². The Hall–Kier alpha value is -1.42. The van der Waals surface area contributed by atoms with Gasteiger partial charge >= 0.3 is 6.09 Å². The number of rotatable bonds is 1. The Bertz CT molecular complexity index is 321. The SMILES string of the molecule is CC(C)(C)OC(=O)N1CC(F)C(N=C=O)C1. The van der Waals surface area contributed by atoms with Crippen molar-refractivity contribution in [1.29, 1.82) is 0 Å². The molecule has 0 aromatic carbocycles. The van der Waals surface area contributed by atoms with Crippen molar-refractivity contribution < 1.29 is 18.7 Å².